The Bertz CT molecular complexity index is 2020. The van der Waals surface area contributed by atoms with Gasteiger partial charge in [-0.3, -0.25) is 4.79 Å². The van der Waals surface area contributed by atoms with Crippen LogP contribution in [0.2, 0.25) is 5.02 Å². The third kappa shape index (κ3) is 4.80. The topological polar surface area (TPSA) is 81.3 Å². The number of fused-ring (bicyclic) bond motifs is 4. The lowest BCUT2D eigenvalue weighted by molar-refractivity contribution is -0.130. The minimum Gasteiger partial charge on any atom is -0.351 e. The maximum Gasteiger partial charge on any atom is 0.246 e. The van der Waals surface area contributed by atoms with Crippen LogP contribution < -0.4 is 4.90 Å². The van der Waals surface area contributed by atoms with Crippen LogP contribution in [0.5, 0.6) is 0 Å². The van der Waals surface area contributed by atoms with Crippen LogP contribution in [-0.4, -0.2) is 76.1 Å². The van der Waals surface area contributed by atoms with Crippen molar-refractivity contribution in [3.63, 3.8) is 0 Å². The molecular formula is C35H33ClFN7O. The fourth-order valence-corrected chi connectivity index (χ4v) is 7.27. The lowest BCUT2D eigenvalue weighted by atomic mass is 9.94. The Kier molecular flexibility index (Phi) is 7.43. The third-order valence-corrected chi connectivity index (χ3v) is 9.79. The molecule has 0 radical (unpaired) electrons. The van der Waals surface area contributed by atoms with Gasteiger partial charge < -0.3 is 19.3 Å². The van der Waals surface area contributed by atoms with Gasteiger partial charge >= 0.3 is 0 Å². The number of pyridine rings is 1. The maximum absolute atomic E-state index is 17.0. The number of likely N-dealkylation sites (tertiary alicyclic amines) is 1. The molecule has 0 unspecified atom stereocenters. The Morgan fingerprint density at radius 1 is 1.18 bits per heavy atom. The quantitative estimate of drug-likeness (QED) is 0.199. The summed E-state index contributed by atoms with van der Waals surface area (Å²) >= 11 is 6.98. The third-order valence-electron chi connectivity index (χ3n) is 9.49. The van der Waals surface area contributed by atoms with Crippen LogP contribution in [0.1, 0.15) is 25.3 Å². The molecule has 3 aromatic carbocycles. The summed E-state index contributed by atoms with van der Waals surface area (Å²) in [5.74, 6) is -0.000321. The fraction of sp³-hybridized carbons (Fsp3) is 0.314. The summed E-state index contributed by atoms with van der Waals surface area (Å²) in [5.41, 5.74) is 2.73. The smallest absolute Gasteiger partial charge is 0.246 e. The number of likely N-dealkylation sites (N-methyl/N-ethyl adjacent to an activating group) is 1. The van der Waals surface area contributed by atoms with Crippen molar-refractivity contribution in [1.82, 2.24) is 24.3 Å². The number of hydrogen-bond acceptors (Lipinski definition) is 6. The molecule has 10 heteroatoms. The molecule has 2 atom stereocenters. The lowest BCUT2D eigenvalue weighted by Gasteiger charge is -2.43. The monoisotopic (exact) mass is 621 g/mol. The van der Waals surface area contributed by atoms with Gasteiger partial charge in [-0.2, -0.15) is 5.26 Å². The molecule has 2 saturated heterocycles. The van der Waals surface area contributed by atoms with Crippen LogP contribution in [0.4, 0.5) is 10.2 Å². The highest BCUT2D eigenvalue weighted by atomic mass is 35.5. The zero-order chi connectivity index (χ0) is 31.4. The molecule has 45 heavy (non-hydrogen) atoms. The second-order valence-corrected chi connectivity index (χ2v) is 12.6. The number of rotatable bonds is 6. The molecule has 0 aliphatic carbocycles. The zero-order valence-electron chi connectivity index (χ0n) is 25.2. The molecule has 1 amide bonds. The van der Waals surface area contributed by atoms with Crippen molar-refractivity contribution in [1.29, 1.82) is 5.26 Å². The second kappa shape index (κ2) is 11.4. The van der Waals surface area contributed by atoms with Gasteiger partial charge in [0.05, 0.1) is 29.4 Å². The first kappa shape index (κ1) is 29.2. The summed E-state index contributed by atoms with van der Waals surface area (Å²) in [4.78, 5) is 28.5. The maximum atomic E-state index is 17.0. The number of aromatic nitrogens is 3. The number of carbonyl (C=O) groups excluding carboxylic acids is 1. The van der Waals surface area contributed by atoms with E-state index in [1.54, 1.807) is 11.2 Å². The van der Waals surface area contributed by atoms with Crippen molar-refractivity contribution in [3.8, 4) is 17.2 Å². The van der Waals surface area contributed by atoms with Crippen molar-refractivity contribution in [2.45, 2.75) is 37.4 Å². The average molecular weight is 622 g/mol. The van der Waals surface area contributed by atoms with E-state index in [-0.39, 0.29) is 29.9 Å². The minimum absolute atomic E-state index is 0.0637. The lowest BCUT2D eigenvalue weighted by Crippen LogP contribution is -2.57. The molecule has 7 rings (SSSR count). The van der Waals surface area contributed by atoms with Crippen molar-refractivity contribution >= 4 is 56.0 Å². The van der Waals surface area contributed by atoms with Crippen molar-refractivity contribution < 1.29 is 9.18 Å². The number of anilines is 1. The predicted octanol–water partition coefficient (Wildman–Crippen LogP) is 6.58. The van der Waals surface area contributed by atoms with Crippen LogP contribution in [0.15, 0.2) is 67.5 Å². The number of amides is 1. The van der Waals surface area contributed by atoms with Gasteiger partial charge in [0.25, 0.3) is 0 Å². The van der Waals surface area contributed by atoms with Gasteiger partial charge in [-0.05, 0) is 55.4 Å². The number of carbonyl (C=O) groups is 1. The Labute approximate surface area is 265 Å². The van der Waals surface area contributed by atoms with Crippen LogP contribution in [-0.2, 0) is 4.79 Å². The second-order valence-electron chi connectivity index (χ2n) is 12.2. The van der Waals surface area contributed by atoms with E-state index in [1.807, 2.05) is 48.5 Å². The standard InChI is InChI=1S/C35H33ClFN7O/c1-4-29(45)43-15-13-23(16-22(43)12-14-38)44-20-39-33-34(44)27-17-28(36)30(26-11-7-9-21-8-5-6-10-25(21)26)31(37)32(27)40-35(33)42-18-24(19-42)41(2)3/h4-11,17,20,22-24H,1,12-13,15-16,18-19H2,2-3H3/t22-,23+/m1/s1. The number of nitrogens with zero attached hydrogens (tertiary/aromatic N) is 7. The van der Waals surface area contributed by atoms with Crippen molar-refractivity contribution in [2.24, 2.45) is 0 Å². The molecule has 0 N–H and O–H groups in total. The van der Waals surface area contributed by atoms with Gasteiger partial charge in [-0.1, -0.05) is 60.6 Å². The van der Waals surface area contributed by atoms with Crippen molar-refractivity contribution in [2.75, 3.05) is 38.6 Å². The van der Waals surface area contributed by atoms with E-state index in [9.17, 15) is 10.1 Å². The van der Waals surface area contributed by atoms with Gasteiger partial charge in [-0.25, -0.2) is 14.4 Å². The van der Waals surface area contributed by atoms with E-state index in [0.717, 1.165) is 29.4 Å². The highest BCUT2D eigenvalue weighted by Gasteiger charge is 2.35. The summed E-state index contributed by atoms with van der Waals surface area (Å²) in [7, 11) is 4.11. The SMILES string of the molecule is C=CC(=O)N1CC[C@H](n2cnc3c(N4CC(N(C)C)C4)nc4c(F)c(-c5cccc6ccccc56)c(Cl)cc4c32)C[C@H]1CC#N. The van der Waals surface area contributed by atoms with Crippen LogP contribution in [0, 0.1) is 17.1 Å². The molecule has 0 saturated carbocycles. The number of piperidine rings is 1. The van der Waals surface area contributed by atoms with Gasteiger partial charge in [-0.15, -0.1) is 0 Å². The molecule has 0 spiro atoms. The Morgan fingerprint density at radius 2 is 1.96 bits per heavy atom. The normalized spacial score (nSPS) is 18.9. The van der Waals surface area contributed by atoms with Crippen LogP contribution in [0.3, 0.4) is 0 Å². The Hall–Kier alpha value is -4.52. The van der Waals surface area contributed by atoms with Gasteiger partial charge in [0.15, 0.2) is 11.6 Å². The van der Waals surface area contributed by atoms with Crippen LogP contribution >= 0.6 is 11.6 Å². The van der Waals surface area contributed by atoms with Crippen LogP contribution in [0.25, 0.3) is 43.8 Å². The number of benzene rings is 3. The zero-order valence-corrected chi connectivity index (χ0v) is 26.0. The van der Waals surface area contributed by atoms with E-state index >= 15 is 4.39 Å². The highest BCUT2D eigenvalue weighted by Crippen LogP contribution is 2.43. The highest BCUT2D eigenvalue weighted by molar-refractivity contribution is 6.35. The number of hydrogen-bond donors (Lipinski definition) is 0. The van der Waals surface area contributed by atoms with E-state index in [4.69, 9.17) is 21.6 Å². The van der Waals surface area contributed by atoms with E-state index in [0.29, 0.717) is 58.3 Å². The first-order chi connectivity index (χ1) is 21.8. The fourth-order valence-electron chi connectivity index (χ4n) is 6.98. The largest absolute Gasteiger partial charge is 0.351 e. The number of halogens is 2. The molecule has 2 fully saturated rings. The molecule has 2 aliphatic heterocycles. The summed E-state index contributed by atoms with van der Waals surface area (Å²) in [6, 6.07) is 17.8. The molecular weight excluding hydrogens is 589 g/mol. The Morgan fingerprint density at radius 3 is 2.71 bits per heavy atom. The minimum atomic E-state index is -0.469. The number of nitriles is 1. The molecule has 4 heterocycles. The van der Waals surface area contributed by atoms with E-state index < -0.39 is 5.82 Å². The van der Waals surface area contributed by atoms with Gasteiger partial charge in [0, 0.05) is 48.7 Å². The van der Waals surface area contributed by atoms with Crippen molar-refractivity contribution in [3.05, 3.63) is 78.4 Å². The summed E-state index contributed by atoms with van der Waals surface area (Å²) in [5, 5.41) is 12.3. The van der Waals surface area contributed by atoms with Gasteiger partial charge in [0.1, 0.15) is 11.0 Å². The molecule has 228 valence electrons. The number of imidazole rings is 1. The first-order valence-corrected chi connectivity index (χ1v) is 15.6. The average Bonchev–Trinajstić information content (AvgIpc) is 3.46. The van der Waals surface area contributed by atoms with E-state index in [1.165, 1.54) is 6.08 Å². The summed E-state index contributed by atoms with van der Waals surface area (Å²) < 4.78 is 19.1. The van der Waals surface area contributed by atoms with Gasteiger partial charge in [0.2, 0.25) is 5.91 Å². The first-order valence-electron chi connectivity index (χ1n) is 15.2. The summed E-state index contributed by atoms with van der Waals surface area (Å²) in [6.45, 7) is 5.63. The molecule has 2 aromatic heterocycles. The summed E-state index contributed by atoms with van der Waals surface area (Å²) in [6.07, 6.45) is 4.53. The molecule has 0 bridgehead atoms. The van der Waals surface area contributed by atoms with E-state index in [2.05, 4.69) is 41.1 Å². The molecule has 8 nitrogen and oxygen atoms in total. The Balaban J connectivity index is 1.43. The molecule has 2 aliphatic rings. The predicted molar refractivity (Wildman–Crippen MR) is 177 cm³/mol. The molecule has 5 aromatic rings.